The Kier molecular flexibility index (Phi) is 4.64. The van der Waals surface area contributed by atoms with Crippen molar-refractivity contribution in [2.45, 2.75) is 0 Å². The SMILES string of the molecule is O=C(O)N1CCN(c2ccc(Oc3ncc(Br)cn3)cc2)c2ccccc21. The van der Waals surface area contributed by atoms with Gasteiger partial charge < -0.3 is 14.7 Å². The lowest BCUT2D eigenvalue weighted by Gasteiger charge is -2.36. The maximum absolute atomic E-state index is 11.5. The van der Waals surface area contributed by atoms with Crippen molar-refractivity contribution >= 4 is 39.1 Å². The molecular formula is C19H15BrN4O3. The van der Waals surface area contributed by atoms with Gasteiger partial charge in [-0.2, -0.15) is 0 Å². The fraction of sp³-hybridized carbons (Fsp3) is 0.105. The van der Waals surface area contributed by atoms with Crippen molar-refractivity contribution in [3.05, 3.63) is 65.4 Å². The topological polar surface area (TPSA) is 78.8 Å². The second-order valence-corrected chi connectivity index (χ2v) is 6.77. The molecule has 0 radical (unpaired) electrons. The summed E-state index contributed by atoms with van der Waals surface area (Å²) in [6, 6.07) is 15.3. The molecule has 7 nitrogen and oxygen atoms in total. The molecule has 0 fully saturated rings. The second kappa shape index (κ2) is 7.24. The van der Waals surface area contributed by atoms with Gasteiger partial charge in [0, 0.05) is 31.2 Å². The number of aromatic nitrogens is 2. The van der Waals surface area contributed by atoms with Crippen LogP contribution in [-0.2, 0) is 0 Å². The van der Waals surface area contributed by atoms with Crippen LogP contribution in [0.1, 0.15) is 0 Å². The molecule has 0 saturated heterocycles. The van der Waals surface area contributed by atoms with E-state index in [1.807, 2.05) is 48.5 Å². The number of ether oxygens (including phenoxy) is 1. The molecule has 0 spiro atoms. The summed E-state index contributed by atoms with van der Waals surface area (Å²) in [5, 5.41) is 9.41. The minimum Gasteiger partial charge on any atom is -0.465 e. The standard InChI is InChI=1S/C19H15BrN4O3/c20-13-11-21-18(22-12-13)27-15-7-5-14(6-8-15)23-9-10-24(19(25)26)17-4-2-1-3-16(17)23/h1-8,11-12H,9-10H2,(H,25,26). The quantitative estimate of drug-likeness (QED) is 0.655. The number of rotatable bonds is 3. The molecule has 3 aromatic rings. The van der Waals surface area contributed by atoms with Gasteiger partial charge >= 0.3 is 12.1 Å². The highest BCUT2D eigenvalue weighted by Gasteiger charge is 2.26. The van der Waals surface area contributed by atoms with Gasteiger partial charge in [0.05, 0.1) is 15.8 Å². The Morgan fingerprint density at radius 2 is 1.67 bits per heavy atom. The van der Waals surface area contributed by atoms with Crippen molar-refractivity contribution in [1.29, 1.82) is 0 Å². The number of hydrogen-bond acceptors (Lipinski definition) is 5. The zero-order valence-electron chi connectivity index (χ0n) is 14.1. The van der Waals surface area contributed by atoms with Crippen molar-refractivity contribution < 1.29 is 14.6 Å². The lowest BCUT2D eigenvalue weighted by molar-refractivity contribution is 0.201. The number of carboxylic acid groups (broad SMARTS) is 1. The van der Waals surface area contributed by atoms with Crippen LogP contribution < -0.4 is 14.5 Å². The van der Waals surface area contributed by atoms with Crippen LogP contribution in [0.3, 0.4) is 0 Å². The molecule has 0 aliphatic carbocycles. The summed E-state index contributed by atoms with van der Waals surface area (Å²) < 4.78 is 6.43. The van der Waals surface area contributed by atoms with Crippen LogP contribution >= 0.6 is 15.9 Å². The third-order valence-electron chi connectivity index (χ3n) is 4.20. The molecule has 2 aromatic carbocycles. The Morgan fingerprint density at radius 3 is 2.33 bits per heavy atom. The number of benzene rings is 2. The molecule has 0 saturated carbocycles. The maximum Gasteiger partial charge on any atom is 0.411 e. The van der Waals surface area contributed by atoms with Crippen LogP contribution in [0.15, 0.2) is 65.4 Å². The average Bonchev–Trinajstić information content (AvgIpc) is 2.69. The summed E-state index contributed by atoms with van der Waals surface area (Å²) in [4.78, 5) is 23.1. The highest BCUT2D eigenvalue weighted by atomic mass is 79.9. The summed E-state index contributed by atoms with van der Waals surface area (Å²) in [7, 11) is 0. The summed E-state index contributed by atoms with van der Waals surface area (Å²) >= 11 is 3.28. The van der Waals surface area contributed by atoms with Crippen molar-refractivity contribution in [2.75, 3.05) is 22.9 Å². The van der Waals surface area contributed by atoms with Gasteiger partial charge in [-0.15, -0.1) is 0 Å². The third-order valence-corrected chi connectivity index (χ3v) is 4.61. The molecule has 1 N–H and O–H groups in total. The van der Waals surface area contributed by atoms with E-state index in [4.69, 9.17) is 4.74 Å². The summed E-state index contributed by atoms with van der Waals surface area (Å²) in [6.07, 6.45) is 2.30. The largest absolute Gasteiger partial charge is 0.465 e. The molecule has 2 heterocycles. The van der Waals surface area contributed by atoms with E-state index in [9.17, 15) is 9.90 Å². The molecule has 136 valence electrons. The Hall–Kier alpha value is -3.13. The van der Waals surface area contributed by atoms with Gasteiger partial charge in [-0.25, -0.2) is 14.8 Å². The predicted octanol–water partition coefficient (Wildman–Crippen LogP) is 4.67. The van der Waals surface area contributed by atoms with Crippen LogP contribution in [0.4, 0.5) is 21.9 Å². The van der Waals surface area contributed by atoms with E-state index < -0.39 is 6.09 Å². The molecule has 4 rings (SSSR count). The normalized spacial score (nSPS) is 13.2. The molecule has 0 atom stereocenters. The van der Waals surface area contributed by atoms with E-state index >= 15 is 0 Å². The number of amides is 1. The Bertz CT molecular complexity index is 963. The molecular weight excluding hydrogens is 412 g/mol. The molecule has 8 heteroatoms. The van der Waals surface area contributed by atoms with Gasteiger partial charge in [0.25, 0.3) is 0 Å². The van der Waals surface area contributed by atoms with Gasteiger partial charge in [-0.05, 0) is 52.3 Å². The number of hydrogen-bond donors (Lipinski definition) is 1. The van der Waals surface area contributed by atoms with Gasteiger partial charge in [-0.3, -0.25) is 4.90 Å². The summed E-state index contributed by atoms with van der Waals surface area (Å²) in [5.41, 5.74) is 2.49. The first-order chi connectivity index (χ1) is 13.1. The average molecular weight is 427 g/mol. The monoisotopic (exact) mass is 426 g/mol. The zero-order chi connectivity index (χ0) is 18.8. The molecule has 1 aliphatic rings. The van der Waals surface area contributed by atoms with Crippen molar-refractivity contribution in [3.8, 4) is 11.8 Å². The first-order valence-corrected chi connectivity index (χ1v) is 9.03. The van der Waals surface area contributed by atoms with Gasteiger partial charge in [0.1, 0.15) is 5.75 Å². The lowest BCUT2D eigenvalue weighted by Crippen LogP contribution is -2.41. The van der Waals surface area contributed by atoms with Crippen LogP contribution in [0.25, 0.3) is 0 Å². The Labute approximate surface area is 164 Å². The van der Waals surface area contributed by atoms with E-state index in [2.05, 4.69) is 30.8 Å². The maximum atomic E-state index is 11.5. The first-order valence-electron chi connectivity index (χ1n) is 8.24. The van der Waals surface area contributed by atoms with Gasteiger partial charge in [-0.1, -0.05) is 12.1 Å². The smallest absolute Gasteiger partial charge is 0.411 e. The lowest BCUT2D eigenvalue weighted by atomic mass is 10.1. The molecule has 1 amide bonds. The fourth-order valence-corrected chi connectivity index (χ4v) is 3.19. The highest BCUT2D eigenvalue weighted by Crippen LogP contribution is 2.38. The van der Waals surface area contributed by atoms with Crippen LogP contribution in [0.5, 0.6) is 11.8 Å². The van der Waals surface area contributed by atoms with E-state index in [-0.39, 0.29) is 6.01 Å². The van der Waals surface area contributed by atoms with Crippen LogP contribution in [-0.4, -0.2) is 34.3 Å². The number of halogens is 1. The third kappa shape index (κ3) is 3.56. The van der Waals surface area contributed by atoms with E-state index in [1.54, 1.807) is 12.4 Å². The van der Waals surface area contributed by atoms with Crippen molar-refractivity contribution in [2.24, 2.45) is 0 Å². The Morgan fingerprint density at radius 1 is 1.00 bits per heavy atom. The van der Waals surface area contributed by atoms with Crippen LogP contribution in [0.2, 0.25) is 0 Å². The first kappa shape index (κ1) is 17.3. The molecule has 0 bridgehead atoms. The number of para-hydroxylation sites is 2. The van der Waals surface area contributed by atoms with Gasteiger partial charge in [0.2, 0.25) is 0 Å². The fourth-order valence-electron chi connectivity index (χ4n) is 2.98. The minimum absolute atomic E-state index is 0.270. The zero-order valence-corrected chi connectivity index (χ0v) is 15.7. The minimum atomic E-state index is -0.944. The molecule has 27 heavy (non-hydrogen) atoms. The number of fused-ring (bicyclic) bond motifs is 1. The van der Waals surface area contributed by atoms with Crippen LogP contribution in [0, 0.1) is 0 Å². The number of nitrogens with zero attached hydrogens (tertiary/aromatic N) is 4. The second-order valence-electron chi connectivity index (χ2n) is 5.85. The van der Waals surface area contributed by atoms with Crippen molar-refractivity contribution in [1.82, 2.24) is 9.97 Å². The van der Waals surface area contributed by atoms with E-state index in [0.717, 1.165) is 15.8 Å². The Balaban J connectivity index is 1.58. The molecule has 1 aliphatic heterocycles. The van der Waals surface area contributed by atoms with E-state index in [1.165, 1.54) is 4.90 Å². The summed E-state index contributed by atoms with van der Waals surface area (Å²) in [6.45, 7) is 0.969. The van der Waals surface area contributed by atoms with Crippen molar-refractivity contribution in [3.63, 3.8) is 0 Å². The molecule has 0 unspecified atom stereocenters. The number of carbonyl (C=O) groups is 1. The predicted molar refractivity (Wildman–Crippen MR) is 105 cm³/mol. The van der Waals surface area contributed by atoms with E-state index in [0.29, 0.717) is 24.5 Å². The van der Waals surface area contributed by atoms with Gasteiger partial charge in [0.15, 0.2) is 0 Å². The number of anilines is 3. The summed E-state index contributed by atoms with van der Waals surface area (Å²) in [5.74, 6) is 0.624. The highest BCUT2D eigenvalue weighted by molar-refractivity contribution is 9.10. The molecule has 1 aromatic heterocycles.